The van der Waals surface area contributed by atoms with E-state index in [0.717, 1.165) is 37.1 Å². The Hall–Kier alpha value is -2.41. The van der Waals surface area contributed by atoms with Crippen LogP contribution in [0.15, 0.2) is 53.4 Å². The van der Waals surface area contributed by atoms with Crippen LogP contribution in [-0.4, -0.2) is 21.0 Å². The van der Waals surface area contributed by atoms with Crippen molar-refractivity contribution in [2.24, 2.45) is 0 Å². The van der Waals surface area contributed by atoms with E-state index >= 15 is 0 Å². The average molecular weight is 352 g/mol. The lowest BCUT2D eigenvalue weighted by atomic mass is 10.2. The molecular formula is C17H17FO5S. The van der Waals surface area contributed by atoms with Crippen molar-refractivity contribution < 1.29 is 26.5 Å². The van der Waals surface area contributed by atoms with Gasteiger partial charge in [-0.1, -0.05) is 13.3 Å². The molecule has 24 heavy (non-hydrogen) atoms. The van der Waals surface area contributed by atoms with E-state index in [0.29, 0.717) is 12.2 Å². The quantitative estimate of drug-likeness (QED) is 0.433. The zero-order chi connectivity index (χ0) is 17.6. The molecule has 0 N–H and O–H groups in total. The largest absolute Gasteiger partial charge is 0.462 e. The average Bonchev–Trinajstić information content (AvgIpc) is 2.55. The lowest BCUT2D eigenvalue weighted by Gasteiger charge is -2.08. The van der Waals surface area contributed by atoms with Gasteiger partial charge in [0.25, 0.3) is 0 Å². The number of esters is 1. The summed E-state index contributed by atoms with van der Waals surface area (Å²) in [5, 5.41) is 0. The van der Waals surface area contributed by atoms with E-state index in [1.54, 1.807) is 0 Å². The number of ether oxygens (including phenoxy) is 1. The molecule has 0 unspecified atom stereocenters. The van der Waals surface area contributed by atoms with Crippen molar-refractivity contribution in [2.45, 2.75) is 24.7 Å². The van der Waals surface area contributed by atoms with Gasteiger partial charge in [-0.05, 0) is 55.0 Å². The summed E-state index contributed by atoms with van der Waals surface area (Å²) in [7, 11) is -4.06. The van der Waals surface area contributed by atoms with Crippen LogP contribution in [0.1, 0.15) is 30.1 Å². The number of carbonyl (C=O) groups excluding carboxylic acids is 1. The van der Waals surface area contributed by atoms with Crippen molar-refractivity contribution in [3.05, 3.63) is 59.9 Å². The van der Waals surface area contributed by atoms with Gasteiger partial charge in [0, 0.05) is 0 Å². The third-order valence-electron chi connectivity index (χ3n) is 3.13. The van der Waals surface area contributed by atoms with Gasteiger partial charge in [-0.25, -0.2) is 9.18 Å². The summed E-state index contributed by atoms with van der Waals surface area (Å²) < 4.78 is 47.0. The van der Waals surface area contributed by atoms with E-state index in [1.165, 1.54) is 24.3 Å². The van der Waals surface area contributed by atoms with Crippen molar-refractivity contribution in [1.29, 1.82) is 0 Å². The fraction of sp³-hybridized carbons (Fsp3) is 0.235. The van der Waals surface area contributed by atoms with Gasteiger partial charge in [0.15, 0.2) is 0 Å². The molecule has 0 saturated carbocycles. The molecule has 0 radical (unpaired) electrons. The number of rotatable bonds is 7. The molecule has 0 aromatic heterocycles. The number of hydrogen-bond donors (Lipinski definition) is 0. The molecule has 0 aliphatic carbocycles. The smallest absolute Gasteiger partial charge is 0.339 e. The predicted molar refractivity (Wildman–Crippen MR) is 85.8 cm³/mol. The number of hydrogen-bond acceptors (Lipinski definition) is 5. The fourth-order valence-corrected chi connectivity index (χ4v) is 2.75. The van der Waals surface area contributed by atoms with Crippen molar-refractivity contribution in [2.75, 3.05) is 6.61 Å². The third kappa shape index (κ3) is 4.79. The van der Waals surface area contributed by atoms with Crippen molar-refractivity contribution in [3.8, 4) is 5.75 Å². The molecule has 0 saturated heterocycles. The monoisotopic (exact) mass is 352 g/mol. The molecular weight excluding hydrogens is 335 g/mol. The van der Waals surface area contributed by atoms with Gasteiger partial charge in [-0.15, -0.1) is 0 Å². The van der Waals surface area contributed by atoms with Gasteiger partial charge < -0.3 is 8.92 Å². The molecule has 0 atom stereocenters. The molecule has 2 aromatic carbocycles. The Labute approximate surface area is 140 Å². The van der Waals surface area contributed by atoms with Gasteiger partial charge >= 0.3 is 16.1 Å². The first-order valence-corrected chi connectivity index (χ1v) is 8.80. The van der Waals surface area contributed by atoms with E-state index in [9.17, 15) is 17.6 Å². The van der Waals surface area contributed by atoms with Gasteiger partial charge in [0.05, 0.1) is 12.2 Å². The standard InChI is InChI=1S/C17H17FO5S/c1-2-3-12-22-17(19)13-4-8-15(9-5-13)23-24(20,21)16-10-6-14(18)7-11-16/h4-11H,2-3,12H2,1H3. The van der Waals surface area contributed by atoms with Crippen LogP contribution in [0.4, 0.5) is 4.39 Å². The zero-order valence-electron chi connectivity index (χ0n) is 13.1. The Kier molecular flexibility index (Phi) is 5.92. The highest BCUT2D eigenvalue weighted by molar-refractivity contribution is 7.87. The van der Waals surface area contributed by atoms with Crippen LogP contribution in [0.2, 0.25) is 0 Å². The maximum atomic E-state index is 12.9. The molecule has 0 aliphatic heterocycles. The molecule has 0 aliphatic rings. The van der Waals surface area contributed by atoms with Crippen molar-refractivity contribution in [3.63, 3.8) is 0 Å². The predicted octanol–water partition coefficient (Wildman–Crippen LogP) is 3.55. The lowest BCUT2D eigenvalue weighted by molar-refractivity contribution is 0.0499. The minimum Gasteiger partial charge on any atom is -0.462 e. The first kappa shape index (κ1) is 17.9. The molecule has 0 heterocycles. The summed E-state index contributed by atoms with van der Waals surface area (Å²) in [5.74, 6) is -0.972. The Morgan fingerprint density at radius 3 is 2.25 bits per heavy atom. The summed E-state index contributed by atoms with van der Waals surface area (Å²) in [6.45, 7) is 2.33. The molecule has 0 fully saturated rings. The Morgan fingerprint density at radius 1 is 1.04 bits per heavy atom. The number of unbranched alkanes of at least 4 members (excludes halogenated alkanes) is 1. The van der Waals surface area contributed by atoms with E-state index in [4.69, 9.17) is 8.92 Å². The van der Waals surface area contributed by atoms with Gasteiger partial charge in [-0.2, -0.15) is 8.42 Å². The molecule has 2 aromatic rings. The summed E-state index contributed by atoms with van der Waals surface area (Å²) in [6, 6.07) is 9.86. The normalized spacial score (nSPS) is 11.1. The summed E-state index contributed by atoms with van der Waals surface area (Å²) in [5.41, 5.74) is 0.303. The Morgan fingerprint density at radius 2 is 1.67 bits per heavy atom. The molecule has 128 valence electrons. The Bertz CT molecular complexity index is 783. The van der Waals surface area contributed by atoms with Gasteiger partial charge in [0.2, 0.25) is 0 Å². The van der Waals surface area contributed by atoms with Gasteiger partial charge in [0.1, 0.15) is 16.5 Å². The number of halogens is 1. The number of benzene rings is 2. The molecule has 0 amide bonds. The SMILES string of the molecule is CCCCOC(=O)c1ccc(OS(=O)(=O)c2ccc(F)cc2)cc1. The van der Waals surface area contributed by atoms with Crippen LogP contribution < -0.4 is 4.18 Å². The summed E-state index contributed by atoms with van der Waals surface area (Å²) in [4.78, 5) is 11.6. The molecule has 0 bridgehead atoms. The topological polar surface area (TPSA) is 69.7 Å². The van der Waals surface area contributed by atoms with E-state index in [1.807, 2.05) is 6.92 Å². The first-order chi connectivity index (χ1) is 11.4. The first-order valence-electron chi connectivity index (χ1n) is 7.39. The second-order valence-electron chi connectivity index (χ2n) is 5.01. The van der Waals surface area contributed by atoms with Crippen molar-refractivity contribution >= 4 is 16.1 Å². The van der Waals surface area contributed by atoms with Crippen LogP contribution in [0, 0.1) is 5.82 Å². The van der Waals surface area contributed by atoms with Crippen LogP contribution >= 0.6 is 0 Å². The second-order valence-corrected chi connectivity index (χ2v) is 6.55. The summed E-state index contributed by atoms with van der Waals surface area (Å²) in [6.07, 6.45) is 1.70. The van der Waals surface area contributed by atoms with Crippen LogP contribution in [0.5, 0.6) is 5.75 Å². The fourth-order valence-electron chi connectivity index (χ4n) is 1.82. The maximum absolute atomic E-state index is 12.9. The van der Waals surface area contributed by atoms with Crippen molar-refractivity contribution in [1.82, 2.24) is 0 Å². The minimum absolute atomic E-state index is 0.0458. The molecule has 2 rings (SSSR count). The molecule has 7 heteroatoms. The maximum Gasteiger partial charge on any atom is 0.339 e. The Balaban J connectivity index is 2.05. The van der Waals surface area contributed by atoms with Crippen LogP contribution in [0.25, 0.3) is 0 Å². The molecule has 5 nitrogen and oxygen atoms in total. The highest BCUT2D eigenvalue weighted by atomic mass is 32.2. The lowest BCUT2D eigenvalue weighted by Crippen LogP contribution is -2.10. The molecule has 0 spiro atoms. The highest BCUT2D eigenvalue weighted by Crippen LogP contribution is 2.20. The van der Waals surface area contributed by atoms with Gasteiger partial charge in [-0.3, -0.25) is 0 Å². The van der Waals surface area contributed by atoms with E-state index < -0.39 is 21.9 Å². The number of carbonyl (C=O) groups is 1. The van der Waals surface area contributed by atoms with E-state index in [2.05, 4.69) is 0 Å². The van der Waals surface area contributed by atoms with Crippen LogP contribution in [-0.2, 0) is 14.9 Å². The second kappa shape index (κ2) is 7.92. The minimum atomic E-state index is -4.06. The summed E-state index contributed by atoms with van der Waals surface area (Å²) >= 11 is 0. The highest BCUT2D eigenvalue weighted by Gasteiger charge is 2.17. The van der Waals surface area contributed by atoms with Crippen LogP contribution in [0.3, 0.4) is 0 Å². The third-order valence-corrected chi connectivity index (χ3v) is 4.39. The zero-order valence-corrected chi connectivity index (χ0v) is 13.9. The van der Waals surface area contributed by atoms with E-state index in [-0.39, 0.29) is 10.6 Å².